The fraction of sp³-hybridized carbons (Fsp3) is 0.286. The van der Waals surface area contributed by atoms with E-state index in [1.165, 1.54) is 13.2 Å². The van der Waals surface area contributed by atoms with Gasteiger partial charge in [-0.2, -0.15) is 4.39 Å². The highest BCUT2D eigenvalue weighted by Crippen LogP contribution is 2.38. The third-order valence-corrected chi connectivity index (χ3v) is 2.93. The SMILES string of the molecule is COc1c(F)c(F)cc2cc(O)cc(C(C)C)c12. The maximum atomic E-state index is 13.7. The Bertz CT molecular complexity index is 607. The number of rotatable bonds is 2. The summed E-state index contributed by atoms with van der Waals surface area (Å²) in [6, 6.07) is 4.01. The van der Waals surface area contributed by atoms with Gasteiger partial charge in [-0.3, -0.25) is 0 Å². The molecule has 0 saturated heterocycles. The predicted molar refractivity (Wildman–Crippen MR) is 66.2 cm³/mol. The molecule has 2 aromatic carbocycles. The third-order valence-electron chi connectivity index (χ3n) is 2.93. The van der Waals surface area contributed by atoms with E-state index in [2.05, 4.69) is 0 Å². The maximum Gasteiger partial charge on any atom is 0.201 e. The van der Waals surface area contributed by atoms with Gasteiger partial charge in [0, 0.05) is 5.39 Å². The maximum absolute atomic E-state index is 13.7. The van der Waals surface area contributed by atoms with Crippen molar-refractivity contribution >= 4 is 10.8 Å². The van der Waals surface area contributed by atoms with Gasteiger partial charge in [0.1, 0.15) is 5.75 Å². The van der Waals surface area contributed by atoms with E-state index in [0.717, 1.165) is 11.6 Å². The Kier molecular flexibility index (Phi) is 3.11. The van der Waals surface area contributed by atoms with Gasteiger partial charge in [-0.25, -0.2) is 4.39 Å². The molecule has 0 aliphatic rings. The van der Waals surface area contributed by atoms with Gasteiger partial charge in [-0.15, -0.1) is 0 Å². The minimum absolute atomic E-state index is 0.0271. The average Bonchev–Trinajstić information content (AvgIpc) is 2.30. The van der Waals surface area contributed by atoms with Crippen molar-refractivity contribution < 1.29 is 18.6 Å². The number of phenols is 1. The lowest BCUT2D eigenvalue weighted by molar-refractivity contribution is 0.377. The molecule has 0 fully saturated rings. The second-order valence-electron chi connectivity index (χ2n) is 4.49. The van der Waals surface area contributed by atoms with Gasteiger partial charge in [0.25, 0.3) is 0 Å². The van der Waals surface area contributed by atoms with E-state index in [1.54, 1.807) is 6.07 Å². The minimum atomic E-state index is -1.00. The number of hydrogen-bond acceptors (Lipinski definition) is 2. The van der Waals surface area contributed by atoms with E-state index in [9.17, 15) is 13.9 Å². The molecular weight excluding hydrogens is 238 g/mol. The zero-order valence-corrected chi connectivity index (χ0v) is 10.4. The number of methoxy groups -OCH3 is 1. The first kappa shape index (κ1) is 12.6. The predicted octanol–water partition coefficient (Wildman–Crippen LogP) is 3.96. The summed E-state index contributed by atoms with van der Waals surface area (Å²) in [5, 5.41) is 10.6. The topological polar surface area (TPSA) is 29.5 Å². The summed E-state index contributed by atoms with van der Waals surface area (Å²) in [6.45, 7) is 3.82. The summed E-state index contributed by atoms with van der Waals surface area (Å²) < 4.78 is 32.1. The number of ether oxygens (including phenoxy) is 1. The first-order valence-electron chi connectivity index (χ1n) is 5.64. The molecule has 0 saturated carbocycles. The van der Waals surface area contributed by atoms with Crippen molar-refractivity contribution in [3.63, 3.8) is 0 Å². The van der Waals surface area contributed by atoms with Gasteiger partial charge in [-0.05, 0) is 35.1 Å². The Morgan fingerprint density at radius 2 is 1.83 bits per heavy atom. The Balaban J connectivity index is 2.96. The van der Waals surface area contributed by atoms with E-state index >= 15 is 0 Å². The normalized spacial score (nSPS) is 11.2. The molecule has 0 aliphatic carbocycles. The van der Waals surface area contributed by atoms with Crippen molar-refractivity contribution in [1.29, 1.82) is 0 Å². The van der Waals surface area contributed by atoms with Gasteiger partial charge >= 0.3 is 0 Å². The van der Waals surface area contributed by atoms with Gasteiger partial charge in [-0.1, -0.05) is 13.8 Å². The van der Waals surface area contributed by atoms with E-state index in [1.807, 2.05) is 13.8 Å². The molecular formula is C14H14F2O2. The Hall–Kier alpha value is -1.84. The number of halogens is 2. The molecule has 0 unspecified atom stereocenters. The summed E-state index contributed by atoms with van der Waals surface area (Å²) in [5.41, 5.74) is 0.723. The van der Waals surface area contributed by atoms with Crippen LogP contribution in [0.1, 0.15) is 25.3 Å². The van der Waals surface area contributed by atoms with Crippen LogP contribution >= 0.6 is 0 Å². The fourth-order valence-electron chi connectivity index (χ4n) is 2.11. The largest absolute Gasteiger partial charge is 0.508 e. The van der Waals surface area contributed by atoms with E-state index < -0.39 is 11.6 Å². The molecule has 0 spiro atoms. The molecule has 0 radical (unpaired) electrons. The van der Waals surface area contributed by atoms with Gasteiger partial charge in [0.15, 0.2) is 11.6 Å². The smallest absolute Gasteiger partial charge is 0.201 e. The molecule has 0 aliphatic heterocycles. The highest BCUT2D eigenvalue weighted by atomic mass is 19.2. The molecule has 1 N–H and O–H groups in total. The Morgan fingerprint density at radius 1 is 1.17 bits per heavy atom. The van der Waals surface area contributed by atoms with Crippen LogP contribution in [0, 0.1) is 11.6 Å². The summed E-state index contributed by atoms with van der Waals surface area (Å²) in [7, 11) is 1.30. The van der Waals surface area contributed by atoms with E-state index in [4.69, 9.17) is 4.74 Å². The molecule has 2 aromatic rings. The molecule has 0 heterocycles. The van der Waals surface area contributed by atoms with Crippen LogP contribution in [-0.4, -0.2) is 12.2 Å². The lowest BCUT2D eigenvalue weighted by Crippen LogP contribution is -1.98. The monoisotopic (exact) mass is 252 g/mol. The number of aromatic hydroxyl groups is 1. The quantitative estimate of drug-likeness (QED) is 0.876. The molecule has 4 heteroatoms. The van der Waals surface area contributed by atoms with Crippen LogP contribution in [0.15, 0.2) is 18.2 Å². The van der Waals surface area contributed by atoms with E-state index in [0.29, 0.717) is 10.8 Å². The minimum Gasteiger partial charge on any atom is -0.508 e. The highest BCUT2D eigenvalue weighted by Gasteiger charge is 2.19. The summed E-state index contributed by atoms with van der Waals surface area (Å²) in [5.74, 6) is -2.02. The lowest BCUT2D eigenvalue weighted by Gasteiger charge is -2.15. The summed E-state index contributed by atoms with van der Waals surface area (Å²) >= 11 is 0. The standard InChI is InChI=1S/C14H14F2O2/c1-7(2)10-6-9(17)4-8-5-11(15)13(16)14(18-3)12(8)10/h4-7,17H,1-3H3. The molecule has 96 valence electrons. The number of benzene rings is 2. The Morgan fingerprint density at radius 3 is 2.39 bits per heavy atom. The van der Waals surface area contributed by atoms with Crippen LogP contribution in [0.5, 0.6) is 11.5 Å². The first-order valence-corrected chi connectivity index (χ1v) is 5.64. The van der Waals surface area contributed by atoms with Crippen molar-refractivity contribution in [3.8, 4) is 11.5 Å². The van der Waals surface area contributed by atoms with Crippen LogP contribution in [0.3, 0.4) is 0 Å². The van der Waals surface area contributed by atoms with Crippen molar-refractivity contribution in [2.24, 2.45) is 0 Å². The van der Waals surface area contributed by atoms with Gasteiger partial charge < -0.3 is 9.84 Å². The second kappa shape index (κ2) is 4.44. The molecule has 0 bridgehead atoms. The zero-order valence-electron chi connectivity index (χ0n) is 10.4. The van der Waals surface area contributed by atoms with Crippen molar-refractivity contribution in [2.75, 3.05) is 7.11 Å². The molecule has 0 amide bonds. The van der Waals surface area contributed by atoms with Crippen LogP contribution in [0.4, 0.5) is 8.78 Å². The average molecular weight is 252 g/mol. The van der Waals surface area contributed by atoms with Crippen molar-refractivity contribution in [2.45, 2.75) is 19.8 Å². The molecule has 18 heavy (non-hydrogen) atoms. The number of hydrogen-bond donors (Lipinski definition) is 1. The van der Waals surface area contributed by atoms with Crippen LogP contribution in [0.25, 0.3) is 10.8 Å². The zero-order chi connectivity index (χ0) is 13.4. The van der Waals surface area contributed by atoms with Crippen LogP contribution in [0.2, 0.25) is 0 Å². The number of fused-ring (bicyclic) bond motifs is 1. The van der Waals surface area contributed by atoms with Gasteiger partial charge in [0.05, 0.1) is 7.11 Å². The fourth-order valence-corrected chi connectivity index (χ4v) is 2.11. The van der Waals surface area contributed by atoms with E-state index in [-0.39, 0.29) is 17.4 Å². The molecule has 2 rings (SSSR count). The van der Waals surface area contributed by atoms with Crippen LogP contribution in [-0.2, 0) is 0 Å². The van der Waals surface area contributed by atoms with Crippen molar-refractivity contribution in [3.05, 3.63) is 35.4 Å². The third kappa shape index (κ3) is 1.88. The molecule has 0 aromatic heterocycles. The van der Waals surface area contributed by atoms with Crippen LogP contribution < -0.4 is 4.74 Å². The number of phenolic OH excluding ortho intramolecular Hbond substituents is 1. The Labute approximate surface area is 104 Å². The molecule has 0 atom stereocenters. The second-order valence-corrected chi connectivity index (χ2v) is 4.49. The van der Waals surface area contributed by atoms with Crippen molar-refractivity contribution in [1.82, 2.24) is 0 Å². The lowest BCUT2D eigenvalue weighted by atomic mass is 9.94. The van der Waals surface area contributed by atoms with Gasteiger partial charge in [0.2, 0.25) is 5.82 Å². The highest BCUT2D eigenvalue weighted by molar-refractivity contribution is 5.93. The molecule has 2 nitrogen and oxygen atoms in total. The summed E-state index contributed by atoms with van der Waals surface area (Å²) in [6.07, 6.45) is 0. The summed E-state index contributed by atoms with van der Waals surface area (Å²) in [4.78, 5) is 0. The first-order chi connectivity index (χ1) is 8.45.